The molecule has 4 nitrogen and oxygen atoms in total. The summed E-state index contributed by atoms with van der Waals surface area (Å²) in [5, 5.41) is 8.72. The standard InChI is InChI=1S/C12H22O4/c1-7(2)10(5)12(15)16-9(4)6-8(3)11(13)14/h7-10H,6H2,1-5H3,(H,13,14)/t8-,9+,10+/m1/s1. The summed E-state index contributed by atoms with van der Waals surface area (Å²) in [5.74, 6) is -1.52. The minimum Gasteiger partial charge on any atom is -0.481 e. The van der Waals surface area contributed by atoms with Crippen molar-refractivity contribution >= 4 is 11.9 Å². The normalized spacial score (nSPS) is 16.6. The fourth-order valence-corrected chi connectivity index (χ4v) is 1.22. The van der Waals surface area contributed by atoms with E-state index in [1.54, 1.807) is 13.8 Å². The highest BCUT2D eigenvalue weighted by Crippen LogP contribution is 2.15. The predicted molar refractivity (Wildman–Crippen MR) is 61.0 cm³/mol. The van der Waals surface area contributed by atoms with Crippen molar-refractivity contribution < 1.29 is 19.4 Å². The minimum absolute atomic E-state index is 0.150. The zero-order valence-electron chi connectivity index (χ0n) is 10.7. The maximum Gasteiger partial charge on any atom is 0.309 e. The summed E-state index contributed by atoms with van der Waals surface area (Å²) >= 11 is 0. The van der Waals surface area contributed by atoms with E-state index in [0.29, 0.717) is 6.42 Å². The topological polar surface area (TPSA) is 63.6 Å². The van der Waals surface area contributed by atoms with E-state index in [2.05, 4.69) is 0 Å². The van der Waals surface area contributed by atoms with Crippen LogP contribution in [0.1, 0.15) is 41.0 Å². The Kier molecular flexibility index (Phi) is 6.08. The second kappa shape index (κ2) is 6.51. The maximum atomic E-state index is 11.6. The Balaban J connectivity index is 4.10. The second-order valence-electron chi connectivity index (χ2n) is 4.76. The van der Waals surface area contributed by atoms with E-state index in [1.807, 2.05) is 20.8 Å². The minimum atomic E-state index is -0.861. The first-order valence-electron chi connectivity index (χ1n) is 5.69. The number of carboxylic acids is 1. The third kappa shape index (κ3) is 5.14. The number of rotatable bonds is 6. The first-order chi connectivity index (χ1) is 7.25. The molecule has 94 valence electrons. The summed E-state index contributed by atoms with van der Waals surface area (Å²) in [6.45, 7) is 9.07. The molecule has 4 heteroatoms. The summed E-state index contributed by atoms with van der Waals surface area (Å²) in [7, 11) is 0. The number of carbonyl (C=O) groups excluding carboxylic acids is 1. The number of hydrogen-bond donors (Lipinski definition) is 1. The van der Waals surface area contributed by atoms with Gasteiger partial charge in [-0.15, -0.1) is 0 Å². The van der Waals surface area contributed by atoms with Crippen molar-refractivity contribution in [3.8, 4) is 0 Å². The third-order valence-electron chi connectivity index (χ3n) is 2.80. The lowest BCUT2D eigenvalue weighted by atomic mass is 9.98. The van der Waals surface area contributed by atoms with Crippen molar-refractivity contribution in [2.24, 2.45) is 17.8 Å². The molecule has 0 aliphatic heterocycles. The lowest BCUT2D eigenvalue weighted by Crippen LogP contribution is -2.26. The van der Waals surface area contributed by atoms with E-state index >= 15 is 0 Å². The van der Waals surface area contributed by atoms with Crippen molar-refractivity contribution in [2.75, 3.05) is 0 Å². The van der Waals surface area contributed by atoms with Gasteiger partial charge in [-0.05, 0) is 19.3 Å². The number of carboxylic acid groups (broad SMARTS) is 1. The fraction of sp³-hybridized carbons (Fsp3) is 0.833. The Morgan fingerprint density at radius 3 is 2.00 bits per heavy atom. The molecule has 0 unspecified atom stereocenters. The van der Waals surface area contributed by atoms with Crippen LogP contribution in [0.2, 0.25) is 0 Å². The largest absolute Gasteiger partial charge is 0.481 e. The average Bonchev–Trinajstić information content (AvgIpc) is 2.15. The third-order valence-corrected chi connectivity index (χ3v) is 2.80. The molecule has 0 spiro atoms. The molecule has 0 rings (SSSR count). The van der Waals surface area contributed by atoms with Gasteiger partial charge >= 0.3 is 11.9 Å². The molecule has 1 N–H and O–H groups in total. The molecular formula is C12H22O4. The Hall–Kier alpha value is -1.06. The SMILES string of the molecule is CC(C)[C@H](C)C(=O)O[C@@H](C)C[C@@H](C)C(=O)O. The van der Waals surface area contributed by atoms with Gasteiger partial charge in [0, 0.05) is 0 Å². The Bertz CT molecular complexity index is 247. The Labute approximate surface area is 97.0 Å². The molecule has 0 fully saturated rings. The van der Waals surface area contributed by atoms with Crippen molar-refractivity contribution in [3.63, 3.8) is 0 Å². The van der Waals surface area contributed by atoms with Gasteiger partial charge in [0.05, 0.1) is 17.9 Å². The number of carbonyl (C=O) groups is 2. The van der Waals surface area contributed by atoms with Crippen LogP contribution in [0, 0.1) is 17.8 Å². The van der Waals surface area contributed by atoms with Gasteiger partial charge in [-0.1, -0.05) is 27.7 Å². The summed E-state index contributed by atoms with van der Waals surface area (Å²) in [4.78, 5) is 22.2. The Morgan fingerprint density at radius 1 is 1.12 bits per heavy atom. The van der Waals surface area contributed by atoms with E-state index in [0.717, 1.165) is 0 Å². The molecule has 0 amide bonds. The first kappa shape index (κ1) is 14.9. The Morgan fingerprint density at radius 2 is 1.62 bits per heavy atom. The molecule has 0 aromatic rings. The van der Waals surface area contributed by atoms with Crippen LogP contribution in [0.15, 0.2) is 0 Å². The fourth-order valence-electron chi connectivity index (χ4n) is 1.22. The maximum absolute atomic E-state index is 11.6. The second-order valence-corrected chi connectivity index (χ2v) is 4.76. The van der Waals surface area contributed by atoms with Gasteiger partial charge in [0.25, 0.3) is 0 Å². The average molecular weight is 230 g/mol. The molecule has 0 aliphatic rings. The monoisotopic (exact) mass is 230 g/mol. The van der Waals surface area contributed by atoms with Crippen LogP contribution >= 0.6 is 0 Å². The van der Waals surface area contributed by atoms with E-state index < -0.39 is 11.9 Å². The van der Waals surface area contributed by atoms with Gasteiger partial charge in [0.2, 0.25) is 0 Å². The van der Waals surface area contributed by atoms with E-state index in [9.17, 15) is 9.59 Å². The van der Waals surface area contributed by atoms with Crippen molar-refractivity contribution in [2.45, 2.75) is 47.1 Å². The van der Waals surface area contributed by atoms with Crippen LogP contribution in [-0.2, 0) is 14.3 Å². The van der Waals surface area contributed by atoms with E-state index in [1.165, 1.54) is 0 Å². The molecule has 0 saturated heterocycles. The summed E-state index contributed by atoms with van der Waals surface area (Å²) < 4.78 is 5.19. The van der Waals surface area contributed by atoms with Crippen LogP contribution < -0.4 is 0 Å². The number of aliphatic carboxylic acids is 1. The molecule has 0 aromatic heterocycles. The van der Waals surface area contributed by atoms with Crippen LogP contribution in [0.4, 0.5) is 0 Å². The van der Waals surface area contributed by atoms with Crippen LogP contribution in [0.25, 0.3) is 0 Å². The van der Waals surface area contributed by atoms with Gasteiger partial charge in [0.1, 0.15) is 0 Å². The lowest BCUT2D eigenvalue weighted by Gasteiger charge is -2.20. The zero-order valence-corrected chi connectivity index (χ0v) is 10.7. The van der Waals surface area contributed by atoms with Gasteiger partial charge in [-0.25, -0.2) is 0 Å². The highest BCUT2D eigenvalue weighted by Gasteiger charge is 2.22. The van der Waals surface area contributed by atoms with Gasteiger partial charge in [0.15, 0.2) is 0 Å². The summed E-state index contributed by atoms with van der Waals surface area (Å²) in [5.41, 5.74) is 0. The van der Waals surface area contributed by atoms with E-state index in [-0.39, 0.29) is 23.9 Å². The summed E-state index contributed by atoms with van der Waals surface area (Å²) in [6, 6.07) is 0. The molecule has 0 saturated carbocycles. The lowest BCUT2D eigenvalue weighted by molar-refractivity contribution is -0.156. The van der Waals surface area contributed by atoms with Gasteiger partial charge in [-0.3, -0.25) is 9.59 Å². The molecule has 0 aromatic carbocycles. The molecular weight excluding hydrogens is 208 g/mol. The number of hydrogen-bond acceptors (Lipinski definition) is 3. The molecule has 16 heavy (non-hydrogen) atoms. The molecule has 3 atom stereocenters. The highest BCUT2D eigenvalue weighted by molar-refractivity contribution is 5.72. The van der Waals surface area contributed by atoms with Crippen LogP contribution in [0.5, 0.6) is 0 Å². The zero-order chi connectivity index (χ0) is 12.9. The first-order valence-corrected chi connectivity index (χ1v) is 5.69. The van der Waals surface area contributed by atoms with Crippen LogP contribution in [-0.4, -0.2) is 23.1 Å². The number of ether oxygens (including phenoxy) is 1. The molecule has 0 bridgehead atoms. The predicted octanol–water partition coefficient (Wildman–Crippen LogP) is 2.32. The molecule has 0 heterocycles. The van der Waals surface area contributed by atoms with Crippen LogP contribution in [0.3, 0.4) is 0 Å². The van der Waals surface area contributed by atoms with E-state index in [4.69, 9.17) is 9.84 Å². The van der Waals surface area contributed by atoms with Gasteiger partial charge in [-0.2, -0.15) is 0 Å². The molecule has 0 radical (unpaired) electrons. The molecule has 0 aliphatic carbocycles. The summed E-state index contributed by atoms with van der Waals surface area (Å²) in [6.07, 6.45) is 0.00566. The van der Waals surface area contributed by atoms with Crippen molar-refractivity contribution in [1.82, 2.24) is 0 Å². The van der Waals surface area contributed by atoms with Gasteiger partial charge < -0.3 is 9.84 Å². The van der Waals surface area contributed by atoms with Crippen molar-refractivity contribution in [3.05, 3.63) is 0 Å². The quantitative estimate of drug-likeness (QED) is 0.711. The highest BCUT2D eigenvalue weighted by atomic mass is 16.5. The number of esters is 1. The smallest absolute Gasteiger partial charge is 0.309 e. The van der Waals surface area contributed by atoms with Crippen molar-refractivity contribution in [1.29, 1.82) is 0 Å².